The Bertz CT molecular complexity index is 339. The van der Waals surface area contributed by atoms with Crippen molar-refractivity contribution < 1.29 is 4.74 Å². The Morgan fingerprint density at radius 3 is 2.62 bits per heavy atom. The summed E-state index contributed by atoms with van der Waals surface area (Å²) in [4.78, 5) is 0. The zero-order valence-corrected chi connectivity index (χ0v) is 10.9. The van der Waals surface area contributed by atoms with Crippen LogP contribution in [0.2, 0.25) is 0 Å². The lowest BCUT2D eigenvalue weighted by molar-refractivity contribution is 0.0792. The Balaban J connectivity index is 1.82. The van der Waals surface area contributed by atoms with Gasteiger partial charge < -0.3 is 4.74 Å². The van der Waals surface area contributed by atoms with Crippen LogP contribution in [-0.4, -0.2) is 12.7 Å². The van der Waals surface area contributed by atoms with Crippen LogP contribution in [0.15, 0.2) is 34.8 Å². The topological polar surface area (TPSA) is 9.23 Å². The molecule has 86 valence electrons. The van der Waals surface area contributed by atoms with Crippen molar-refractivity contribution in [2.24, 2.45) is 0 Å². The van der Waals surface area contributed by atoms with Crippen LogP contribution in [0.4, 0.5) is 0 Å². The molecular weight excluding hydrogens is 264 g/mol. The molecule has 1 saturated carbocycles. The molecule has 1 aliphatic carbocycles. The van der Waals surface area contributed by atoms with Crippen LogP contribution in [0.25, 0.3) is 6.08 Å². The number of benzene rings is 1. The molecule has 0 aliphatic heterocycles. The third kappa shape index (κ3) is 3.76. The van der Waals surface area contributed by atoms with E-state index in [1.807, 2.05) is 18.2 Å². The molecular formula is C14H17BrO. The second-order valence-corrected chi connectivity index (χ2v) is 5.24. The number of hydrogen-bond acceptors (Lipinski definition) is 1. The van der Waals surface area contributed by atoms with Crippen LogP contribution in [0.5, 0.6) is 0 Å². The van der Waals surface area contributed by atoms with Gasteiger partial charge in [0.15, 0.2) is 0 Å². The second-order valence-electron chi connectivity index (χ2n) is 4.22. The Kier molecular flexibility index (Phi) is 4.61. The molecule has 0 saturated heterocycles. The molecule has 1 fully saturated rings. The Hall–Kier alpha value is -0.600. The highest BCUT2D eigenvalue weighted by Gasteiger charge is 2.15. The maximum absolute atomic E-state index is 5.82. The van der Waals surface area contributed by atoms with Gasteiger partial charge in [-0.15, -0.1) is 0 Å². The summed E-state index contributed by atoms with van der Waals surface area (Å²) in [6.45, 7) is 0.694. The van der Waals surface area contributed by atoms with Crippen LogP contribution in [-0.2, 0) is 4.74 Å². The molecule has 2 rings (SSSR count). The van der Waals surface area contributed by atoms with Crippen LogP contribution in [0.3, 0.4) is 0 Å². The lowest BCUT2D eigenvalue weighted by atomic mass is 10.2. The van der Waals surface area contributed by atoms with Gasteiger partial charge in [0, 0.05) is 4.48 Å². The van der Waals surface area contributed by atoms with E-state index in [0.29, 0.717) is 12.7 Å². The van der Waals surface area contributed by atoms with Gasteiger partial charge in [0.1, 0.15) is 0 Å². The monoisotopic (exact) mass is 280 g/mol. The van der Waals surface area contributed by atoms with E-state index < -0.39 is 0 Å². The van der Waals surface area contributed by atoms with E-state index >= 15 is 0 Å². The summed E-state index contributed by atoms with van der Waals surface area (Å²) in [5, 5.41) is 0. The largest absolute Gasteiger partial charge is 0.373 e. The molecule has 0 atom stereocenters. The van der Waals surface area contributed by atoms with E-state index in [2.05, 4.69) is 34.1 Å². The zero-order valence-electron chi connectivity index (χ0n) is 9.36. The number of ether oxygens (including phenoxy) is 1. The molecule has 1 aromatic carbocycles. The lowest BCUT2D eigenvalue weighted by Crippen LogP contribution is -2.08. The van der Waals surface area contributed by atoms with Gasteiger partial charge in [-0.1, -0.05) is 59.1 Å². The predicted octanol–water partition coefficient (Wildman–Crippen LogP) is 4.38. The van der Waals surface area contributed by atoms with Crippen molar-refractivity contribution in [1.29, 1.82) is 0 Å². The Labute approximate surface area is 106 Å². The smallest absolute Gasteiger partial charge is 0.0785 e. The molecule has 16 heavy (non-hydrogen) atoms. The van der Waals surface area contributed by atoms with E-state index in [9.17, 15) is 0 Å². The van der Waals surface area contributed by atoms with E-state index in [4.69, 9.17) is 4.74 Å². The van der Waals surface area contributed by atoms with E-state index in [1.165, 1.54) is 31.2 Å². The highest BCUT2D eigenvalue weighted by molar-refractivity contribution is 9.11. The van der Waals surface area contributed by atoms with Gasteiger partial charge in [-0.25, -0.2) is 0 Å². The third-order valence-electron chi connectivity index (χ3n) is 2.88. The first-order valence-corrected chi connectivity index (χ1v) is 6.66. The van der Waals surface area contributed by atoms with E-state index in [0.717, 1.165) is 4.48 Å². The summed E-state index contributed by atoms with van der Waals surface area (Å²) in [6, 6.07) is 10.3. The average molecular weight is 281 g/mol. The average Bonchev–Trinajstić information content (AvgIpc) is 2.81. The maximum Gasteiger partial charge on any atom is 0.0785 e. The van der Waals surface area contributed by atoms with Gasteiger partial charge in [0.2, 0.25) is 0 Å². The summed E-state index contributed by atoms with van der Waals surface area (Å²) in [6.07, 6.45) is 7.71. The van der Waals surface area contributed by atoms with Crippen molar-refractivity contribution in [3.05, 3.63) is 40.4 Å². The SMILES string of the molecule is BrC(=Cc1ccccc1)COC1CCCC1. The van der Waals surface area contributed by atoms with Crippen molar-refractivity contribution in [2.45, 2.75) is 31.8 Å². The van der Waals surface area contributed by atoms with Crippen LogP contribution < -0.4 is 0 Å². The first-order chi connectivity index (χ1) is 7.84. The van der Waals surface area contributed by atoms with Gasteiger partial charge in [0.05, 0.1) is 12.7 Å². The van der Waals surface area contributed by atoms with Crippen molar-refractivity contribution in [3.63, 3.8) is 0 Å². The number of halogens is 1. The van der Waals surface area contributed by atoms with Crippen LogP contribution in [0, 0.1) is 0 Å². The molecule has 1 aromatic rings. The molecule has 0 spiro atoms. The van der Waals surface area contributed by atoms with E-state index in [-0.39, 0.29) is 0 Å². The Morgan fingerprint density at radius 2 is 1.94 bits per heavy atom. The van der Waals surface area contributed by atoms with Crippen molar-refractivity contribution in [1.82, 2.24) is 0 Å². The van der Waals surface area contributed by atoms with Gasteiger partial charge in [-0.2, -0.15) is 0 Å². The van der Waals surface area contributed by atoms with Gasteiger partial charge in [-0.05, 0) is 24.5 Å². The first kappa shape index (κ1) is 11.9. The maximum atomic E-state index is 5.82. The fourth-order valence-electron chi connectivity index (χ4n) is 2.02. The highest BCUT2D eigenvalue weighted by Crippen LogP contribution is 2.22. The normalized spacial score (nSPS) is 17.9. The number of hydrogen-bond donors (Lipinski definition) is 0. The van der Waals surface area contributed by atoms with Crippen molar-refractivity contribution >= 4 is 22.0 Å². The fraction of sp³-hybridized carbons (Fsp3) is 0.429. The molecule has 1 aliphatic rings. The molecule has 0 amide bonds. The third-order valence-corrected chi connectivity index (χ3v) is 3.34. The molecule has 2 heteroatoms. The molecule has 0 radical (unpaired) electrons. The van der Waals surface area contributed by atoms with Crippen LogP contribution in [0.1, 0.15) is 31.2 Å². The minimum Gasteiger partial charge on any atom is -0.373 e. The quantitative estimate of drug-likeness (QED) is 0.795. The minimum atomic E-state index is 0.483. The Morgan fingerprint density at radius 1 is 1.25 bits per heavy atom. The molecule has 1 nitrogen and oxygen atoms in total. The van der Waals surface area contributed by atoms with Gasteiger partial charge in [-0.3, -0.25) is 0 Å². The minimum absolute atomic E-state index is 0.483. The summed E-state index contributed by atoms with van der Waals surface area (Å²) >= 11 is 3.56. The predicted molar refractivity (Wildman–Crippen MR) is 71.6 cm³/mol. The first-order valence-electron chi connectivity index (χ1n) is 5.87. The summed E-state index contributed by atoms with van der Waals surface area (Å²) in [5.74, 6) is 0. The molecule has 0 unspecified atom stereocenters. The van der Waals surface area contributed by atoms with Gasteiger partial charge >= 0.3 is 0 Å². The molecule has 0 bridgehead atoms. The fourth-order valence-corrected chi connectivity index (χ4v) is 2.42. The van der Waals surface area contributed by atoms with Gasteiger partial charge in [0.25, 0.3) is 0 Å². The summed E-state index contributed by atoms with van der Waals surface area (Å²) < 4.78 is 6.94. The lowest BCUT2D eigenvalue weighted by Gasteiger charge is -2.10. The molecule has 0 heterocycles. The van der Waals surface area contributed by atoms with Crippen molar-refractivity contribution in [2.75, 3.05) is 6.61 Å². The summed E-state index contributed by atoms with van der Waals surface area (Å²) in [7, 11) is 0. The molecule has 0 N–H and O–H groups in total. The highest BCUT2D eigenvalue weighted by atomic mass is 79.9. The number of rotatable bonds is 4. The van der Waals surface area contributed by atoms with Crippen molar-refractivity contribution in [3.8, 4) is 0 Å². The summed E-state index contributed by atoms with van der Waals surface area (Å²) in [5.41, 5.74) is 1.21. The molecule has 0 aromatic heterocycles. The van der Waals surface area contributed by atoms with Crippen LogP contribution >= 0.6 is 15.9 Å². The zero-order chi connectivity index (χ0) is 11.2. The van der Waals surface area contributed by atoms with E-state index in [1.54, 1.807) is 0 Å². The second kappa shape index (κ2) is 6.21. The standard InChI is InChI=1S/C14H17BrO/c15-13(10-12-6-2-1-3-7-12)11-16-14-8-4-5-9-14/h1-3,6-7,10,14H,4-5,8-9,11H2.